The molecule has 0 unspecified atom stereocenters. The van der Waals surface area contributed by atoms with Gasteiger partial charge in [0.05, 0.1) is 23.3 Å². The van der Waals surface area contributed by atoms with Gasteiger partial charge in [0.25, 0.3) is 5.91 Å². The van der Waals surface area contributed by atoms with Crippen molar-refractivity contribution in [1.29, 1.82) is 0 Å². The van der Waals surface area contributed by atoms with E-state index < -0.39 is 15.9 Å². The number of sulfonamides is 1. The lowest BCUT2D eigenvalue weighted by Crippen LogP contribution is -2.52. The summed E-state index contributed by atoms with van der Waals surface area (Å²) in [6, 6.07) is 8.03. The van der Waals surface area contributed by atoms with E-state index in [0.717, 1.165) is 0 Å². The molecule has 2 heterocycles. The lowest BCUT2D eigenvalue weighted by Gasteiger charge is -2.34. The van der Waals surface area contributed by atoms with Crippen LogP contribution in [0.2, 0.25) is 0 Å². The maximum Gasteiger partial charge on any atom is 0.254 e. The molecule has 0 saturated carbocycles. The molecule has 0 bridgehead atoms. The van der Waals surface area contributed by atoms with E-state index in [4.69, 9.17) is 4.42 Å². The molecule has 0 atom stereocenters. The normalized spacial score (nSPS) is 15.5. The Bertz CT molecular complexity index is 922. The van der Waals surface area contributed by atoms with Crippen molar-refractivity contribution in [2.75, 3.05) is 32.7 Å². The number of carbonyl (C=O) groups is 2. The number of piperazine rings is 1. The predicted molar refractivity (Wildman–Crippen MR) is 101 cm³/mol. The molecule has 0 spiro atoms. The standard InChI is InChI=1S/C17H18BrN3O5S/c18-14-2-1-3-15(10-14)27(24,25)21-7-5-20(6-8-21)16(22)11-19-17(23)13-4-9-26-12-13/h1-4,9-10,12H,5-8,11H2,(H,19,23). The van der Waals surface area contributed by atoms with E-state index in [1.54, 1.807) is 29.2 Å². The molecule has 2 aromatic rings. The Morgan fingerprint density at radius 3 is 2.52 bits per heavy atom. The fourth-order valence-corrected chi connectivity index (χ4v) is 4.74. The number of furan rings is 1. The topological polar surface area (TPSA) is 99.9 Å². The van der Waals surface area contributed by atoms with E-state index in [1.165, 1.54) is 22.9 Å². The Balaban J connectivity index is 1.54. The van der Waals surface area contributed by atoms with Gasteiger partial charge in [-0.15, -0.1) is 0 Å². The van der Waals surface area contributed by atoms with Crippen molar-refractivity contribution in [3.63, 3.8) is 0 Å². The van der Waals surface area contributed by atoms with E-state index in [9.17, 15) is 18.0 Å². The zero-order valence-corrected chi connectivity index (χ0v) is 16.7. The molecule has 8 nitrogen and oxygen atoms in total. The third-order valence-electron chi connectivity index (χ3n) is 4.21. The van der Waals surface area contributed by atoms with Crippen LogP contribution in [0.5, 0.6) is 0 Å². The van der Waals surface area contributed by atoms with E-state index in [0.29, 0.717) is 10.0 Å². The van der Waals surface area contributed by atoms with Crippen molar-refractivity contribution >= 4 is 37.8 Å². The van der Waals surface area contributed by atoms with E-state index in [-0.39, 0.29) is 43.5 Å². The third-order valence-corrected chi connectivity index (χ3v) is 6.60. The van der Waals surface area contributed by atoms with Crippen LogP contribution in [0.3, 0.4) is 0 Å². The van der Waals surface area contributed by atoms with Crippen molar-refractivity contribution in [2.24, 2.45) is 0 Å². The lowest BCUT2D eigenvalue weighted by atomic mass is 10.3. The number of carbonyl (C=O) groups excluding carboxylic acids is 2. The van der Waals surface area contributed by atoms with E-state index in [2.05, 4.69) is 21.2 Å². The maximum absolute atomic E-state index is 12.7. The number of hydrogen-bond donors (Lipinski definition) is 1. The van der Waals surface area contributed by atoms with Crippen molar-refractivity contribution < 1.29 is 22.4 Å². The summed E-state index contributed by atoms with van der Waals surface area (Å²) in [5.74, 6) is -0.653. The van der Waals surface area contributed by atoms with Crippen LogP contribution in [0, 0.1) is 0 Å². The van der Waals surface area contributed by atoms with Gasteiger partial charge in [-0.3, -0.25) is 9.59 Å². The van der Waals surface area contributed by atoms with Gasteiger partial charge in [-0.05, 0) is 24.3 Å². The summed E-state index contributed by atoms with van der Waals surface area (Å²) in [6.07, 6.45) is 2.67. The first-order valence-corrected chi connectivity index (χ1v) is 10.4. The van der Waals surface area contributed by atoms with Crippen molar-refractivity contribution in [3.05, 3.63) is 52.9 Å². The van der Waals surface area contributed by atoms with Gasteiger partial charge in [0.15, 0.2) is 0 Å². The summed E-state index contributed by atoms with van der Waals surface area (Å²) < 4.78 is 32.3. The summed E-state index contributed by atoms with van der Waals surface area (Å²) in [6.45, 7) is 0.802. The second kappa shape index (κ2) is 8.24. The monoisotopic (exact) mass is 455 g/mol. The third kappa shape index (κ3) is 4.57. The molecule has 1 fully saturated rings. The first-order valence-electron chi connectivity index (χ1n) is 8.22. The molecular formula is C17H18BrN3O5S. The number of nitrogens with zero attached hydrogens (tertiary/aromatic N) is 2. The van der Waals surface area contributed by atoms with Crippen molar-refractivity contribution in [3.8, 4) is 0 Å². The van der Waals surface area contributed by atoms with Crippen molar-refractivity contribution in [1.82, 2.24) is 14.5 Å². The number of rotatable bonds is 5. The van der Waals surface area contributed by atoms with Crippen LogP contribution in [-0.2, 0) is 14.8 Å². The van der Waals surface area contributed by atoms with Crippen molar-refractivity contribution in [2.45, 2.75) is 4.90 Å². The molecule has 2 amide bonds. The van der Waals surface area contributed by atoms with E-state index in [1.807, 2.05) is 0 Å². The number of halogens is 1. The molecule has 1 aliphatic rings. The average Bonchev–Trinajstić information content (AvgIpc) is 3.21. The molecule has 1 saturated heterocycles. The molecule has 10 heteroatoms. The molecule has 3 rings (SSSR count). The first-order chi connectivity index (χ1) is 12.9. The van der Waals surface area contributed by atoms with Gasteiger partial charge in [-0.25, -0.2) is 8.42 Å². The van der Waals surface area contributed by atoms with Gasteiger partial charge in [0.2, 0.25) is 15.9 Å². The summed E-state index contributed by atoms with van der Waals surface area (Å²) in [5.41, 5.74) is 0.340. The minimum atomic E-state index is -3.60. The number of nitrogens with one attached hydrogen (secondary N) is 1. The quantitative estimate of drug-likeness (QED) is 0.732. The highest BCUT2D eigenvalue weighted by atomic mass is 79.9. The summed E-state index contributed by atoms with van der Waals surface area (Å²) >= 11 is 3.27. The minimum absolute atomic E-state index is 0.150. The van der Waals surface area contributed by atoms with Gasteiger partial charge in [0.1, 0.15) is 6.26 Å². The molecule has 1 N–H and O–H groups in total. The molecule has 0 radical (unpaired) electrons. The SMILES string of the molecule is O=C(NCC(=O)N1CCN(S(=O)(=O)c2cccc(Br)c2)CC1)c1ccoc1. The van der Waals surface area contributed by atoms with Gasteiger partial charge in [0, 0.05) is 30.7 Å². The minimum Gasteiger partial charge on any atom is -0.472 e. The van der Waals surface area contributed by atoms with Crippen LogP contribution in [0.15, 0.2) is 56.6 Å². The van der Waals surface area contributed by atoms with E-state index >= 15 is 0 Å². The fourth-order valence-electron chi connectivity index (χ4n) is 2.72. The molecule has 1 aromatic heterocycles. The maximum atomic E-state index is 12.7. The lowest BCUT2D eigenvalue weighted by molar-refractivity contribution is -0.131. The van der Waals surface area contributed by atoms with Gasteiger partial charge < -0.3 is 14.6 Å². The Kier molecular flexibility index (Phi) is 5.98. The van der Waals surface area contributed by atoms with Gasteiger partial charge >= 0.3 is 0 Å². The second-order valence-electron chi connectivity index (χ2n) is 5.94. The Morgan fingerprint density at radius 2 is 1.89 bits per heavy atom. The summed E-state index contributed by atoms with van der Waals surface area (Å²) in [7, 11) is -3.60. The Morgan fingerprint density at radius 1 is 1.15 bits per heavy atom. The Hall–Kier alpha value is -2.17. The largest absolute Gasteiger partial charge is 0.472 e. The molecule has 144 valence electrons. The highest BCUT2D eigenvalue weighted by Gasteiger charge is 2.30. The molecule has 1 aliphatic heterocycles. The summed E-state index contributed by atoms with van der Waals surface area (Å²) in [5, 5.41) is 2.53. The van der Waals surface area contributed by atoms with Gasteiger partial charge in [-0.2, -0.15) is 4.31 Å². The number of benzene rings is 1. The molecular weight excluding hydrogens is 438 g/mol. The van der Waals surface area contributed by atoms with Gasteiger partial charge in [-0.1, -0.05) is 22.0 Å². The highest BCUT2D eigenvalue weighted by molar-refractivity contribution is 9.10. The van der Waals surface area contributed by atoms with Crippen LogP contribution in [0.25, 0.3) is 0 Å². The highest BCUT2D eigenvalue weighted by Crippen LogP contribution is 2.21. The van der Waals surface area contributed by atoms with Crippen LogP contribution < -0.4 is 5.32 Å². The Labute approximate surface area is 165 Å². The van der Waals surface area contributed by atoms with Crippen LogP contribution in [-0.4, -0.2) is 62.2 Å². The fraction of sp³-hybridized carbons (Fsp3) is 0.294. The molecule has 1 aromatic carbocycles. The average molecular weight is 456 g/mol. The van der Waals surface area contributed by atoms with Crippen LogP contribution >= 0.6 is 15.9 Å². The zero-order valence-electron chi connectivity index (χ0n) is 14.3. The predicted octanol–water partition coefficient (Wildman–Crippen LogP) is 1.30. The molecule has 27 heavy (non-hydrogen) atoms. The first kappa shape index (κ1) is 19.6. The number of hydrogen-bond acceptors (Lipinski definition) is 5. The second-order valence-corrected chi connectivity index (χ2v) is 8.79. The molecule has 0 aliphatic carbocycles. The van der Waals surface area contributed by atoms with Crippen LogP contribution in [0.4, 0.5) is 0 Å². The zero-order chi connectivity index (χ0) is 19.4. The number of amides is 2. The smallest absolute Gasteiger partial charge is 0.254 e. The van der Waals surface area contributed by atoms with Crippen LogP contribution in [0.1, 0.15) is 10.4 Å². The summed E-state index contributed by atoms with van der Waals surface area (Å²) in [4.78, 5) is 25.8.